The summed E-state index contributed by atoms with van der Waals surface area (Å²) in [6.45, 7) is 5.13. The number of aryl methyl sites for hydroxylation is 3. The molecule has 0 amide bonds. The van der Waals surface area contributed by atoms with E-state index in [1.165, 1.54) is 18.4 Å². The Morgan fingerprint density at radius 3 is 2.83 bits per heavy atom. The lowest BCUT2D eigenvalue weighted by molar-refractivity contribution is 0.526. The van der Waals surface area contributed by atoms with Gasteiger partial charge in [-0.15, -0.1) is 10.2 Å². The third-order valence-electron chi connectivity index (χ3n) is 3.63. The Hall–Kier alpha value is -1.84. The maximum absolute atomic E-state index is 6.19. The van der Waals surface area contributed by atoms with E-state index in [-0.39, 0.29) is 0 Å². The highest BCUT2D eigenvalue weighted by Crippen LogP contribution is 2.30. The normalized spacial score (nSPS) is 14.6. The molecule has 0 saturated carbocycles. The Bertz CT molecular complexity index is 598. The summed E-state index contributed by atoms with van der Waals surface area (Å²) in [5.41, 5.74) is 10.4. The van der Waals surface area contributed by atoms with Crippen LogP contribution in [0.4, 0.5) is 5.69 Å². The largest absolute Gasteiger partial charge is 0.398 e. The molecule has 0 bridgehead atoms. The van der Waals surface area contributed by atoms with Gasteiger partial charge in [0.2, 0.25) is 0 Å². The van der Waals surface area contributed by atoms with E-state index in [0.717, 1.165) is 41.4 Å². The molecule has 2 N–H and O–H groups in total. The zero-order chi connectivity index (χ0) is 12.7. The summed E-state index contributed by atoms with van der Waals surface area (Å²) in [6, 6.07) is 4.21. The summed E-state index contributed by atoms with van der Waals surface area (Å²) >= 11 is 0. The molecule has 2 heterocycles. The molecule has 2 aromatic rings. The molecular formula is C14H18N4. The van der Waals surface area contributed by atoms with Crippen molar-refractivity contribution in [3.05, 3.63) is 29.1 Å². The number of hydrogen-bond donors (Lipinski definition) is 1. The van der Waals surface area contributed by atoms with Gasteiger partial charge in [0.15, 0.2) is 5.82 Å². The van der Waals surface area contributed by atoms with Crippen LogP contribution < -0.4 is 5.73 Å². The highest BCUT2D eigenvalue weighted by atomic mass is 15.3. The summed E-state index contributed by atoms with van der Waals surface area (Å²) in [5, 5.41) is 8.64. The van der Waals surface area contributed by atoms with E-state index in [1.54, 1.807) is 0 Å². The standard InChI is InChI=1S/C14H18N4/c1-9-7-10(2)13(15)11(8-9)14-17-16-12-5-3-4-6-18(12)14/h7-8H,3-6,15H2,1-2H3. The van der Waals surface area contributed by atoms with E-state index < -0.39 is 0 Å². The second-order valence-electron chi connectivity index (χ2n) is 5.09. The van der Waals surface area contributed by atoms with Crippen LogP contribution in [-0.4, -0.2) is 14.8 Å². The van der Waals surface area contributed by atoms with E-state index in [9.17, 15) is 0 Å². The first-order valence-corrected chi connectivity index (χ1v) is 6.46. The van der Waals surface area contributed by atoms with Crippen molar-refractivity contribution >= 4 is 5.69 Å². The fourth-order valence-electron chi connectivity index (χ4n) is 2.67. The average Bonchev–Trinajstić information content (AvgIpc) is 2.77. The van der Waals surface area contributed by atoms with Crippen LogP contribution in [0.25, 0.3) is 11.4 Å². The Kier molecular flexibility index (Phi) is 2.58. The monoisotopic (exact) mass is 242 g/mol. The van der Waals surface area contributed by atoms with Gasteiger partial charge in [-0.3, -0.25) is 0 Å². The predicted octanol–water partition coefficient (Wildman–Crippen LogP) is 2.48. The molecule has 1 aromatic carbocycles. The maximum Gasteiger partial charge on any atom is 0.166 e. The summed E-state index contributed by atoms with van der Waals surface area (Å²) in [5.74, 6) is 2.02. The Balaban J connectivity index is 2.18. The fourth-order valence-corrected chi connectivity index (χ4v) is 2.67. The van der Waals surface area contributed by atoms with Gasteiger partial charge in [0.05, 0.1) is 0 Å². The number of benzene rings is 1. The lowest BCUT2D eigenvalue weighted by atomic mass is 10.0. The van der Waals surface area contributed by atoms with Crippen molar-refractivity contribution in [3.63, 3.8) is 0 Å². The van der Waals surface area contributed by atoms with Gasteiger partial charge < -0.3 is 10.3 Å². The molecular weight excluding hydrogens is 224 g/mol. The van der Waals surface area contributed by atoms with Crippen LogP contribution in [0.5, 0.6) is 0 Å². The maximum atomic E-state index is 6.19. The van der Waals surface area contributed by atoms with Crippen molar-refractivity contribution in [1.82, 2.24) is 14.8 Å². The van der Waals surface area contributed by atoms with Crippen molar-refractivity contribution in [2.24, 2.45) is 0 Å². The van der Waals surface area contributed by atoms with Crippen molar-refractivity contribution in [2.45, 2.75) is 39.7 Å². The molecule has 0 atom stereocenters. The van der Waals surface area contributed by atoms with Gasteiger partial charge in [0, 0.05) is 24.2 Å². The average molecular weight is 242 g/mol. The second kappa shape index (κ2) is 4.12. The number of fused-ring (bicyclic) bond motifs is 1. The lowest BCUT2D eigenvalue weighted by Crippen LogP contribution is -2.12. The van der Waals surface area contributed by atoms with E-state index in [0.29, 0.717) is 0 Å². The van der Waals surface area contributed by atoms with Crippen molar-refractivity contribution in [2.75, 3.05) is 5.73 Å². The quantitative estimate of drug-likeness (QED) is 0.782. The first-order chi connectivity index (χ1) is 8.66. The Morgan fingerprint density at radius 1 is 1.17 bits per heavy atom. The molecule has 1 aromatic heterocycles. The SMILES string of the molecule is Cc1cc(C)c(N)c(-c2nnc3n2CCCC3)c1. The van der Waals surface area contributed by atoms with E-state index in [2.05, 4.69) is 33.8 Å². The molecule has 0 radical (unpaired) electrons. The van der Waals surface area contributed by atoms with Crippen molar-refractivity contribution in [1.29, 1.82) is 0 Å². The molecule has 3 rings (SSSR count). The smallest absolute Gasteiger partial charge is 0.166 e. The summed E-state index contributed by atoms with van der Waals surface area (Å²) in [6.07, 6.45) is 3.43. The highest BCUT2D eigenvalue weighted by Gasteiger charge is 2.19. The summed E-state index contributed by atoms with van der Waals surface area (Å²) in [7, 11) is 0. The molecule has 4 heteroatoms. The molecule has 0 unspecified atom stereocenters. The first-order valence-electron chi connectivity index (χ1n) is 6.46. The van der Waals surface area contributed by atoms with Crippen LogP contribution in [0.3, 0.4) is 0 Å². The van der Waals surface area contributed by atoms with Gasteiger partial charge in [-0.25, -0.2) is 0 Å². The van der Waals surface area contributed by atoms with Gasteiger partial charge in [0.1, 0.15) is 5.82 Å². The third-order valence-corrected chi connectivity index (χ3v) is 3.63. The minimum absolute atomic E-state index is 0.821. The van der Waals surface area contributed by atoms with Gasteiger partial charge >= 0.3 is 0 Å². The van der Waals surface area contributed by atoms with Crippen molar-refractivity contribution in [3.8, 4) is 11.4 Å². The van der Waals surface area contributed by atoms with E-state index in [1.807, 2.05) is 6.92 Å². The lowest BCUT2D eigenvalue weighted by Gasteiger charge is -2.16. The van der Waals surface area contributed by atoms with E-state index >= 15 is 0 Å². The summed E-state index contributed by atoms with van der Waals surface area (Å²) in [4.78, 5) is 0. The molecule has 94 valence electrons. The van der Waals surface area contributed by atoms with Crippen LogP contribution in [0.2, 0.25) is 0 Å². The van der Waals surface area contributed by atoms with Gasteiger partial charge in [-0.1, -0.05) is 6.07 Å². The van der Waals surface area contributed by atoms with E-state index in [4.69, 9.17) is 5.73 Å². The van der Waals surface area contributed by atoms with Crippen LogP contribution >= 0.6 is 0 Å². The molecule has 1 aliphatic heterocycles. The highest BCUT2D eigenvalue weighted by molar-refractivity contribution is 5.75. The zero-order valence-electron chi connectivity index (χ0n) is 10.9. The fraction of sp³-hybridized carbons (Fsp3) is 0.429. The number of rotatable bonds is 1. The molecule has 0 aliphatic carbocycles. The molecule has 1 aliphatic rings. The Labute approximate surface area is 107 Å². The van der Waals surface area contributed by atoms with Crippen molar-refractivity contribution < 1.29 is 0 Å². The third kappa shape index (κ3) is 1.68. The van der Waals surface area contributed by atoms with Gasteiger partial charge in [-0.05, 0) is 43.9 Å². The summed E-state index contributed by atoms with van der Waals surface area (Å²) < 4.78 is 2.22. The van der Waals surface area contributed by atoms with Crippen LogP contribution in [0, 0.1) is 13.8 Å². The van der Waals surface area contributed by atoms with Crippen LogP contribution in [0.15, 0.2) is 12.1 Å². The number of aromatic nitrogens is 3. The number of nitrogen functional groups attached to an aromatic ring is 1. The number of nitrogens with zero attached hydrogens (tertiary/aromatic N) is 3. The molecule has 4 nitrogen and oxygen atoms in total. The van der Waals surface area contributed by atoms with Crippen LogP contribution in [0.1, 0.15) is 29.8 Å². The van der Waals surface area contributed by atoms with Crippen LogP contribution in [-0.2, 0) is 13.0 Å². The number of hydrogen-bond acceptors (Lipinski definition) is 3. The molecule has 0 fully saturated rings. The molecule has 0 saturated heterocycles. The van der Waals surface area contributed by atoms with Gasteiger partial charge in [-0.2, -0.15) is 0 Å². The Morgan fingerprint density at radius 2 is 2.00 bits per heavy atom. The second-order valence-corrected chi connectivity index (χ2v) is 5.09. The molecule has 18 heavy (non-hydrogen) atoms. The zero-order valence-corrected chi connectivity index (χ0v) is 10.9. The topological polar surface area (TPSA) is 56.7 Å². The number of nitrogens with two attached hydrogens (primary N) is 1. The predicted molar refractivity (Wildman–Crippen MR) is 72.3 cm³/mol. The molecule has 0 spiro atoms. The minimum atomic E-state index is 0.821. The number of anilines is 1. The first kappa shape index (κ1) is 11.3. The minimum Gasteiger partial charge on any atom is -0.398 e. The van der Waals surface area contributed by atoms with Gasteiger partial charge in [0.25, 0.3) is 0 Å².